The maximum Gasteiger partial charge on any atom is 0.228 e. The molecule has 1 unspecified atom stereocenters. The maximum absolute atomic E-state index is 13.6. The van der Waals surface area contributed by atoms with Crippen LogP contribution in [0.1, 0.15) is 18.9 Å². The third-order valence-electron chi connectivity index (χ3n) is 4.93. The van der Waals surface area contributed by atoms with Crippen molar-refractivity contribution in [3.8, 4) is 11.1 Å². The molecule has 1 aliphatic rings. The van der Waals surface area contributed by atoms with Crippen molar-refractivity contribution in [2.45, 2.75) is 20.3 Å². The number of aryl methyl sites for hydroxylation is 1. The number of hydrogen-bond acceptors (Lipinski definition) is 2. The van der Waals surface area contributed by atoms with Gasteiger partial charge >= 0.3 is 0 Å². The molecular weight excluding hydrogens is 315 g/mol. The number of halogens is 1. The average molecular weight is 334 g/mol. The summed E-state index contributed by atoms with van der Waals surface area (Å²) in [5.74, 6) is 0.970. The van der Waals surface area contributed by atoms with Crippen molar-refractivity contribution in [2.24, 2.45) is 11.8 Å². The minimum atomic E-state index is -0.244. The zero-order valence-electron chi connectivity index (χ0n) is 14.2. The van der Waals surface area contributed by atoms with Gasteiger partial charge in [-0.05, 0) is 65.6 Å². The lowest BCUT2D eigenvalue weighted by Gasteiger charge is -2.09. The molecule has 4 rings (SSSR count). The molecule has 1 heterocycles. The lowest BCUT2D eigenvalue weighted by Crippen LogP contribution is -2.15. The molecule has 0 spiro atoms. The fourth-order valence-corrected chi connectivity index (χ4v) is 3.19. The van der Waals surface area contributed by atoms with Crippen LogP contribution in [-0.2, 0) is 4.79 Å². The molecular formula is C21H19FN2O. The summed E-state index contributed by atoms with van der Waals surface area (Å²) in [4.78, 5) is 16.4. The Balaban J connectivity index is 1.64. The number of amides is 1. The number of nitrogens with one attached hydrogen (secondary N) is 1. The molecule has 1 aromatic heterocycles. The molecule has 0 aliphatic heterocycles. The number of rotatable bonds is 3. The second-order valence-electron chi connectivity index (χ2n) is 6.90. The molecule has 1 N–H and O–H groups in total. The second kappa shape index (κ2) is 5.96. The highest BCUT2D eigenvalue weighted by atomic mass is 19.1. The van der Waals surface area contributed by atoms with Crippen molar-refractivity contribution >= 4 is 22.5 Å². The van der Waals surface area contributed by atoms with Gasteiger partial charge in [0.2, 0.25) is 5.91 Å². The predicted molar refractivity (Wildman–Crippen MR) is 97.8 cm³/mol. The SMILES string of the molecule is Cc1ccc(F)cc1-c1ccc2cc(NC(=O)C3C[C@H]3C)ncc2c1. The molecule has 0 bridgehead atoms. The normalized spacial score (nSPS) is 19.0. The monoisotopic (exact) mass is 334 g/mol. The van der Waals surface area contributed by atoms with E-state index in [2.05, 4.69) is 17.2 Å². The molecule has 1 fully saturated rings. The summed E-state index contributed by atoms with van der Waals surface area (Å²) < 4.78 is 13.6. The molecule has 4 heteroatoms. The smallest absolute Gasteiger partial charge is 0.228 e. The molecule has 0 radical (unpaired) electrons. The van der Waals surface area contributed by atoms with Gasteiger partial charge in [-0.15, -0.1) is 0 Å². The topological polar surface area (TPSA) is 42.0 Å². The van der Waals surface area contributed by atoms with Crippen molar-refractivity contribution in [3.05, 3.63) is 60.0 Å². The number of carbonyl (C=O) groups excluding carboxylic acids is 1. The van der Waals surface area contributed by atoms with E-state index in [9.17, 15) is 9.18 Å². The highest BCUT2D eigenvalue weighted by molar-refractivity contribution is 5.96. The van der Waals surface area contributed by atoms with Crippen LogP contribution >= 0.6 is 0 Å². The van der Waals surface area contributed by atoms with Crippen LogP contribution in [0.2, 0.25) is 0 Å². The van der Waals surface area contributed by atoms with Gasteiger partial charge in [0.1, 0.15) is 11.6 Å². The van der Waals surface area contributed by atoms with Crippen molar-refractivity contribution in [1.29, 1.82) is 0 Å². The van der Waals surface area contributed by atoms with Gasteiger partial charge in [-0.25, -0.2) is 9.37 Å². The molecule has 2 atom stereocenters. The standard InChI is InChI=1S/C21H19FN2O/c1-12-3-6-17(22)10-18(12)15-5-4-14-9-20(23-11-16(14)8-15)24-21(25)19-7-13(19)2/h3-6,8-11,13,19H,7H2,1-2H3,(H,23,24,25)/t13-,19?/m1/s1. The average Bonchev–Trinajstić information content (AvgIpc) is 3.33. The van der Waals surface area contributed by atoms with Crippen LogP contribution in [0.3, 0.4) is 0 Å². The van der Waals surface area contributed by atoms with Gasteiger partial charge in [0.05, 0.1) is 0 Å². The van der Waals surface area contributed by atoms with E-state index >= 15 is 0 Å². The molecule has 1 saturated carbocycles. The first-order valence-electron chi connectivity index (χ1n) is 8.48. The number of hydrogen-bond donors (Lipinski definition) is 1. The first-order valence-corrected chi connectivity index (χ1v) is 8.48. The summed E-state index contributed by atoms with van der Waals surface area (Å²) in [6, 6.07) is 12.6. The van der Waals surface area contributed by atoms with Crippen molar-refractivity contribution in [1.82, 2.24) is 4.98 Å². The summed E-state index contributed by atoms with van der Waals surface area (Å²) in [7, 11) is 0. The number of carbonyl (C=O) groups is 1. The van der Waals surface area contributed by atoms with E-state index < -0.39 is 0 Å². The molecule has 1 aliphatic carbocycles. The molecule has 2 aromatic carbocycles. The van der Waals surface area contributed by atoms with Crippen LogP contribution < -0.4 is 5.32 Å². The van der Waals surface area contributed by atoms with Gasteiger partial charge in [0.15, 0.2) is 0 Å². The van der Waals surface area contributed by atoms with Gasteiger partial charge in [-0.3, -0.25) is 4.79 Å². The van der Waals surface area contributed by atoms with E-state index in [1.165, 1.54) is 6.07 Å². The Bertz CT molecular complexity index is 983. The highest BCUT2D eigenvalue weighted by Crippen LogP contribution is 2.38. The van der Waals surface area contributed by atoms with Gasteiger partial charge in [0.25, 0.3) is 0 Å². The van der Waals surface area contributed by atoms with E-state index in [4.69, 9.17) is 0 Å². The first kappa shape index (κ1) is 15.8. The summed E-state index contributed by atoms with van der Waals surface area (Å²) >= 11 is 0. The molecule has 126 valence electrons. The molecule has 1 amide bonds. The van der Waals surface area contributed by atoms with Crippen molar-refractivity contribution in [2.75, 3.05) is 5.32 Å². The summed E-state index contributed by atoms with van der Waals surface area (Å²) in [6.45, 7) is 4.04. The number of anilines is 1. The quantitative estimate of drug-likeness (QED) is 0.737. The van der Waals surface area contributed by atoms with E-state index in [0.29, 0.717) is 11.7 Å². The van der Waals surface area contributed by atoms with Crippen molar-refractivity contribution < 1.29 is 9.18 Å². The molecule has 25 heavy (non-hydrogen) atoms. The van der Waals surface area contributed by atoms with Gasteiger partial charge in [-0.1, -0.05) is 25.1 Å². The fourth-order valence-electron chi connectivity index (χ4n) is 3.19. The first-order chi connectivity index (χ1) is 12.0. The zero-order valence-corrected chi connectivity index (χ0v) is 14.2. The van der Waals surface area contributed by atoms with E-state index in [1.54, 1.807) is 18.3 Å². The third-order valence-corrected chi connectivity index (χ3v) is 4.93. The number of aromatic nitrogens is 1. The zero-order chi connectivity index (χ0) is 17.6. The minimum absolute atomic E-state index is 0.0476. The highest BCUT2D eigenvalue weighted by Gasteiger charge is 2.39. The van der Waals surface area contributed by atoms with Crippen molar-refractivity contribution in [3.63, 3.8) is 0 Å². The maximum atomic E-state index is 13.6. The Labute approximate surface area is 145 Å². The van der Waals surface area contributed by atoms with Crippen LogP contribution in [0.15, 0.2) is 48.7 Å². The Kier molecular flexibility index (Phi) is 3.75. The summed E-state index contributed by atoms with van der Waals surface area (Å²) in [5.41, 5.74) is 2.85. The molecule has 3 aromatic rings. The Morgan fingerprint density at radius 2 is 1.96 bits per heavy atom. The predicted octanol–water partition coefficient (Wildman–Crippen LogP) is 4.94. The Morgan fingerprint density at radius 3 is 2.72 bits per heavy atom. The van der Waals surface area contributed by atoms with Crippen LogP contribution in [-0.4, -0.2) is 10.9 Å². The Morgan fingerprint density at radius 1 is 1.16 bits per heavy atom. The van der Waals surface area contributed by atoms with E-state index in [-0.39, 0.29) is 17.6 Å². The molecule has 3 nitrogen and oxygen atoms in total. The summed E-state index contributed by atoms with van der Waals surface area (Å²) in [6.07, 6.45) is 2.70. The van der Waals surface area contributed by atoms with Gasteiger partial charge in [-0.2, -0.15) is 0 Å². The van der Waals surface area contributed by atoms with E-state index in [1.807, 2.05) is 31.2 Å². The van der Waals surface area contributed by atoms with Crippen LogP contribution in [0.5, 0.6) is 0 Å². The number of benzene rings is 2. The van der Waals surface area contributed by atoms with Gasteiger partial charge < -0.3 is 5.32 Å². The lowest BCUT2D eigenvalue weighted by molar-refractivity contribution is -0.117. The number of nitrogens with zero attached hydrogens (tertiary/aromatic N) is 1. The Hall–Kier alpha value is -2.75. The van der Waals surface area contributed by atoms with E-state index in [0.717, 1.165) is 33.9 Å². The largest absolute Gasteiger partial charge is 0.310 e. The van der Waals surface area contributed by atoms with Gasteiger partial charge in [0, 0.05) is 17.5 Å². The minimum Gasteiger partial charge on any atom is -0.310 e. The van der Waals surface area contributed by atoms with Crippen LogP contribution in [0.4, 0.5) is 10.2 Å². The molecule has 0 saturated heterocycles. The summed E-state index contributed by atoms with van der Waals surface area (Å²) in [5, 5.41) is 4.84. The van der Waals surface area contributed by atoms with Crippen LogP contribution in [0.25, 0.3) is 21.9 Å². The number of fused-ring (bicyclic) bond motifs is 1. The lowest BCUT2D eigenvalue weighted by atomic mass is 9.98. The van der Waals surface area contributed by atoms with Crippen LogP contribution in [0, 0.1) is 24.6 Å². The fraction of sp³-hybridized carbons (Fsp3) is 0.238. The third kappa shape index (κ3) is 3.12. The second-order valence-corrected chi connectivity index (χ2v) is 6.90. The number of pyridine rings is 1.